The number of hydrogen-bond acceptors (Lipinski definition) is 5. The first-order chi connectivity index (χ1) is 13.5. The van der Waals surface area contributed by atoms with Gasteiger partial charge < -0.3 is 23.9 Å². The Labute approximate surface area is 164 Å². The van der Waals surface area contributed by atoms with E-state index >= 15 is 0 Å². The van der Waals surface area contributed by atoms with Gasteiger partial charge in [0.2, 0.25) is 5.91 Å². The molecule has 0 saturated carbocycles. The molecule has 3 aromatic rings. The zero-order valence-electron chi connectivity index (χ0n) is 16.8. The van der Waals surface area contributed by atoms with Crippen molar-refractivity contribution >= 4 is 16.9 Å². The standard InChI is InChI=1S/C22H25NO5/c1-13-6-7-17-16(12-28-22(17)14(13)2)9-21(24)23-11-15-8-19(26-4)20(27-5)10-18(15)25-3/h6-8,10,12H,9,11H2,1-5H3,(H,23,24). The summed E-state index contributed by atoms with van der Waals surface area (Å²) in [7, 11) is 4.71. The van der Waals surface area contributed by atoms with E-state index in [-0.39, 0.29) is 12.3 Å². The molecule has 0 aliphatic rings. The summed E-state index contributed by atoms with van der Waals surface area (Å²) in [6, 6.07) is 7.59. The van der Waals surface area contributed by atoms with E-state index < -0.39 is 0 Å². The first kappa shape index (κ1) is 19.6. The molecule has 0 atom stereocenters. The third kappa shape index (κ3) is 3.76. The van der Waals surface area contributed by atoms with E-state index in [9.17, 15) is 4.79 Å². The molecular formula is C22H25NO5. The number of ether oxygens (including phenoxy) is 3. The maximum Gasteiger partial charge on any atom is 0.224 e. The van der Waals surface area contributed by atoms with Gasteiger partial charge in [-0.15, -0.1) is 0 Å². The minimum absolute atomic E-state index is 0.0993. The molecule has 6 nitrogen and oxygen atoms in total. The van der Waals surface area contributed by atoms with E-state index in [1.807, 2.05) is 26.0 Å². The minimum Gasteiger partial charge on any atom is -0.496 e. The van der Waals surface area contributed by atoms with Gasteiger partial charge in [0.15, 0.2) is 11.5 Å². The molecule has 0 aliphatic carbocycles. The Kier molecular flexibility index (Phi) is 5.78. The highest BCUT2D eigenvalue weighted by Gasteiger charge is 2.15. The number of furan rings is 1. The monoisotopic (exact) mass is 383 g/mol. The van der Waals surface area contributed by atoms with Crippen LogP contribution in [0.25, 0.3) is 11.0 Å². The number of rotatable bonds is 7. The Morgan fingerprint density at radius 1 is 0.964 bits per heavy atom. The number of nitrogens with one attached hydrogen (secondary N) is 1. The predicted molar refractivity (Wildman–Crippen MR) is 107 cm³/mol. The average molecular weight is 383 g/mol. The summed E-state index contributed by atoms with van der Waals surface area (Å²) in [5, 5.41) is 3.91. The smallest absolute Gasteiger partial charge is 0.224 e. The van der Waals surface area contributed by atoms with Crippen molar-refractivity contribution in [2.75, 3.05) is 21.3 Å². The Balaban J connectivity index is 1.74. The molecule has 0 saturated heterocycles. The molecule has 1 amide bonds. The fourth-order valence-electron chi connectivity index (χ4n) is 3.19. The SMILES string of the molecule is COc1cc(OC)c(OC)cc1CNC(=O)Cc1coc2c(C)c(C)ccc12. The number of hydrogen-bond donors (Lipinski definition) is 1. The number of aryl methyl sites for hydroxylation is 2. The summed E-state index contributed by atoms with van der Waals surface area (Å²) in [4.78, 5) is 12.5. The topological polar surface area (TPSA) is 69.9 Å². The fraction of sp³-hybridized carbons (Fsp3) is 0.318. The number of carbonyl (C=O) groups excluding carboxylic acids is 1. The quantitative estimate of drug-likeness (QED) is 0.669. The lowest BCUT2D eigenvalue weighted by molar-refractivity contribution is -0.120. The molecule has 28 heavy (non-hydrogen) atoms. The van der Waals surface area contributed by atoms with Gasteiger partial charge in [0.05, 0.1) is 34.0 Å². The molecule has 0 fully saturated rings. The van der Waals surface area contributed by atoms with Crippen molar-refractivity contribution in [1.82, 2.24) is 5.32 Å². The highest BCUT2D eigenvalue weighted by atomic mass is 16.5. The normalized spacial score (nSPS) is 10.8. The molecule has 148 valence electrons. The number of benzene rings is 2. The van der Waals surface area contributed by atoms with Crippen LogP contribution >= 0.6 is 0 Å². The second-order valence-corrected chi connectivity index (χ2v) is 6.62. The predicted octanol–water partition coefficient (Wildman–Crippen LogP) is 3.93. The van der Waals surface area contributed by atoms with E-state index in [0.717, 1.165) is 27.7 Å². The molecule has 0 spiro atoms. The van der Waals surface area contributed by atoms with Crippen molar-refractivity contribution in [3.05, 3.63) is 52.8 Å². The van der Waals surface area contributed by atoms with Crippen molar-refractivity contribution in [3.8, 4) is 17.2 Å². The molecule has 3 rings (SSSR count). The van der Waals surface area contributed by atoms with E-state index in [0.29, 0.717) is 23.8 Å². The van der Waals surface area contributed by atoms with Crippen LogP contribution in [0.5, 0.6) is 17.2 Å². The fourth-order valence-corrected chi connectivity index (χ4v) is 3.19. The summed E-state index contributed by atoms with van der Waals surface area (Å²) in [6.07, 6.45) is 1.90. The van der Waals surface area contributed by atoms with Gasteiger partial charge in [-0.1, -0.05) is 12.1 Å². The summed E-state index contributed by atoms with van der Waals surface area (Å²) in [5.74, 6) is 1.68. The number of carbonyl (C=O) groups is 1. The zero-order chi connectivity index (χ0) is 20.3. The van der Waals surface area contributed by atoms with Crippen molar-refractivity contribution < 1.29 is 23.4 Å². The zero-order valence-corrected chi connectivity index (χ0v) is 16.8. The third-order valence-electron chi connectivity index (χ3n) is 4.96. The van der Waals surface area contributed by atoms with Gasteiger partial charge in [0.25, 0.3) is 0 Å². The van der Waals surface area contributed by atoms with Crippen molar-refractivity contribution in [2.24, 2.45) is 0 Å². The van der Waals surface area contributed by atoms with Crippen molar-refractivity contribution in [1.29, 1.82) is 0 Å². The molecule has 0 bridgehead atoms. The largest absolute Gasteiger partial charge is 0.496 e. The second kappa shape index (κ2) is 8.25. The lowest BCUT2D eigenvalue weighted by atomic mass is 10.0. The maximum atomic E-state index is 12.5. The highest BCUT2D eigenvalue weighted by molar-refractivity contribution is 5.89. The van der Waals surface area contributed by atoms with Crippen LogP contribution in [0.4, 0.5) is 0 Å². The average Bonchev–Trinajstić information content (AvgIpc) is 3.11. The Hall–Kier alpha value is -3.15. The number of methoxy groups -OCH3 is 3. The molecule has 0 unspecified atom stereocenters. The lowest BCUT2D eigenvalue weighted by Crippen LogP contribution is -2.24. The molecule has 1 heterocycles. The summed E-state index contributed by atoms with van der Waals surface area (Å²) < 4.78 is 21.7. The van der Waals surface area contributed by atoms with Gasteiger partial charge in [-0.2, -0.15) is 0 Å². The first-order valence-corrected chi connectivity index (χ1v) is 9.00. The number of amides is 1. The third-order valence-corrected chi connectivity index (χ3v) is 4.96. The lowest BCUT2D eigenvalue weighted by Gasteiger charge is -2.14. The van der Waals surface area contributed by atoms with Crippen molar-refractivity contribution in [2.45, 2.75) is 26.8 Å². The van der Waals surface area contributed by atoms with Gasteiger partial charge in [0, 0.05) is 29.1 Å². The van der Waals surface area contributed by atoms with Crippen LogP contribution in [0.1, 0.15) is 22.3 Å². The Bertz CT molecular complexity index is 1010. The van der Waals surface area contributed by atoms with E-state index in [4.69, 9.17) is 18.6 Å². The van der Waals surface area contributed by atoms with Crippen LogP contribution in [0.2, 0.25) is 0 Å². The molecule has 1 N–H and O–H groups in total. The molecule has 0 radical (unpaired) electrons. The van der Waals surface area contributed by atoms with Gasteiger partial charge in [0.1, 0.15) is 11.3 Å². The maximum absolute atomic E-state index is 12.5. The first-order valence-electron chi connectivity index (χ1n) is 9.00. The summed E-state index contributed by atoms with van der Waals surface area (Å²) >= 11 is 0. The van der Waals surface area contributed by atoms with Crippen LogP contribution in [-0.2, 0) is 17.8 Å². The van der Waals surface area contributed by atoms with E-state index in [2.05, 4.69) is 5.32 Å². The van der Waals surface area contributed by atoms with Crippen LogP contribution in [0, 0.1) is 13.8 Å². The van der Waals surface area contributed by atoms with Gasteiger partial charge in [-0.05, 0) is 31.0 Å². The highest BCUT2D eigenvalue weighted by Crippen LogP contribution is 2.34. The van der Waals surface area contributed by atoms with Gasteiger partial charge in [-0.25, -0.2) is 0 Å². The molecule has 1 aromatic heterocycles. The molecular weight excluding hydrogens is 358 g/mol. The van der Waals surface area contributed by atoms with E-state index in [1.165, 1.54) is 5.56 Å². The molecule has 0 aliphatic heterocycles. The van der Waals surface area contributed by atoms with Gasteiger partial charge in [-0.3, -0.25) is 4.79 Å². The Morgan fingerprint density at radius 2 is 1.64 bits per heavy atom. The minimum atomic E-state index is -0.0993. The van der Waals surface area contributed by atoms with E-state index in [1.54, 1.807) is 39.7 Å². The second-order valence-electron chi connectivity index (χ2n) is 6.62. The van der Waals surface area contributed by atoms with Crippen LogP contribution in [0.3, 0.4) is 0 Å². The van der Waals surface area contributed by atoms with Crippen LogP contribution in [-0.4, -0.2) is 27.2 Å². The summed E-state index contributed by atoms with van der Waals surface area (Å²) in [5.41, 5.74) is 4.77. The van der Waals surface area contributed by atoms with Crippen molar-refractivity contribution in [3.63, 3.8) is 0 Å². The Morgan fingerprint density at radius 3 is 2.32 bits per heavy atom. The number of fused-ring (bicyclic) bond motifs is 1. The van der Waals surface area contributed by atoms with Gasteiger partial charge >= 0.3 is 0 Å². The molecule has 6 heteroatoms. The van der Waals surface area contributed by atoms with Crippen LogP contribution in [0.15, 0.2) is 34.9 Å². The summed E-state index contributed by atoms with van der Waals surface area (Å²) in [6.45, 7) is 4.38. The molecule has 2 aromatic carbocycles. The van der Waals surface area contributed by atoms with Crippen LogP contribution < -0.4 is 19.5 Å².